The van der Waals surface area contributed by atoms with Crippen LogP contribution < -0.4 is 10.3 Å². The van der Waals surface area contributed by atoms with Gasteiger partial charge in [0.05, 0.1) is 5.69 Å². The van der Waals surface area contributed by atoms with Crippen LogP contribution in [0.2, 0.25) is 0 Å². The van der Waals surface area contributed by atoms with Gasteiger partial charge in [0.2, 0.25) is 5.43 Å². The largest absolute Gasteiger partial charge is 0.341 e. The molecule has 0 heterocycles. The molecule has 0 amide bonds. The summed E-state index contributed by atoms with van der Waals surface area (Å²) in [6.45, 7) is 0. The standard InChI is InChI=1S/C20H17NO/c1-21(17-12-6-3-7-13-17)19-15-9-8-14-18(20(19)22)16-10-4-2-5-11-16/h2-15H,1H3. The molecular weight excluding hydrogens is 270 g/mol. The molecule has 0 aliphatic carbocycles. The van der Waals surface area contributed by atoms with Gasteiger partial charge >= 0.3 is 0 Å². The first-order valence-electron chi connectivity index (χ1n) is 7.25. The van der Waals surface area contributed by atoms with E-state index in [2.05, 4.69) is 0 Å². The van der Waals surface area contributed by atoms with Crippen LogP contribution in [0.1, 0.15) is 0 Å². The number of hydrogen-bond acceptors (Lipinski definition) is 2. The second-order valence-electron chi connectivity index (χ2n) is 5.11. The molecule has 0 aliphatic heterocycles. The summed E-state index contributed by atoms with van der Waals surface area (Å²) in [7, 11) is 1.92. The Bertz CT molecular complexity index is 813. The molecule has 3 aromatic carbocycles. The molecule has 2 heteroatoms. The maximum Gasteiger partial charge on any atom is 0.209 e. The number of hydrogen-bond donors (Lipinski definition) is 0. The molecular formula is C20H17NO. The summed E-state index contributed by atoms with van der Waals surface area (Å²) in [5.74, 6) is 0. The normalized spacial score (nSPS) is 10.2. The first-order valence-corrected chi connectivity index (χ1v) is 7.25. The maximum atomic E-state index is 12.9. The van der Waals surface area contributed by atoms with E-state index in [1.807, 2.05) is 96.9 Å². The number of nitrogens with zero attached hydrogens (tertiary/aromatic N) is 1. The molecule has 0 saturated heterocycles. The Morgan fingerprint density at radius 2 is 1.23 bits per heavy atom. The average Bonchev–Trinajstić information content (AvgIpc) is 2.77. The van der Waals surface area contributed by atoms with Gasteiger partial charge in [0.15, 0.2) is 0 Å². The van der Waals surface area contributed by atoms with E-state index in [0.29, 0.717) is 11.3 Å². The lowest BCUT2D eigenvalue weighted by Crippen LogP contribution is -2.18. The summed E-state index contributed by atoms with van der Waals surface area (Å²) in [6, 6.07) is 27.2. The van der Waals surface area contributed by atoms with Crippen LogP contribution in [0, 0.1) is 0 Å². The number of benzene rings is 2. The van der Waals surface area contributed by atoms with Crippen molar-refractivity contribution in [2.75, 3.05) is 11.9 Å². The second-order valence-corrected chi connectivity index (χ2v) is 5.11. The van der Waals surface area contributed by atoms with Gasteiger partial charge in [-0.2, -0.15) is 0 Å². The minimum absolute atomic E-state index is 0.0301. The molecule has 22 heavy (non-hydrogen) atoms. The molecule has 108 valence electrons. The molecule has 0 aromatic heterocycles. The van der Waals surface area contributed by atoms with Crippen molar-refractivity contribution in [2.24, 2.45) is 0 Å². The van der Waals surface area contributed by atoms with Gasteiger partial charge in [-0.3, -0.25) is 4.79 Å². The van der Waals surface area contributed by atoms with Crippen LogP contribution in [0.5, 0.6) is 0 Å². The van der Waals surface area contributed by atoms with Gasteiger partial charge in [0.1, 0.15) is 0 Å². The van der Waals surface area contributed by atoms with E-state index in [-0.39, 0.29) is 5.43 Å². The Morgan fingerprint density at radius 3 is 1.91 bits per heavy atom. The summed E-state index contributed by atoms with van der Waals surface area (Å²) in [4.78, 5) is 14.9. The van der Waals surface area contributed by atoms with Gasteiger partial charge in [-0.25, -0.2) is 0 Å². The third-order valence-corrected chi connectivity index (χ3v) is 3.70. The van der Waals surface area contributed by atoms with Crippen LogP contribution in [0.15, 0.2) is 89.7 Å². The molecule has 0 N–H and O–H groups in total. The first-order chi connectivity index (χ1) is 10.8. The summed E-state index contributed by atoms with van der Waals surface area (Å²) in [5, 5.41) is 0. The predicted octanol–water partition coefficient (Wildman–Crippen LogP) is 4.48. The SMILES string of the molecule is CN(c1ccccc1)c1ccccc(-c2ccccc2)c1=O. The minimum Gasteiger partial charge on any atom is -0.341 e. The van der Waals surface area contributed by atoms with Gasteiger partial charge in [0.25, 0.3) is 0 Å². The van der Waals surface area contributed by atoms with Crippen LogP contribution in [0.4, 0.5) is 11.4 Å². The summed E-state index contributed by atoms with van der Waals surface area (Å²) in [6.07, 6.45) is 0. The van der Waals surface area contributed by atoms with Crippen LogP contribution in [-0.4, -0.2) is 7.05 Å². The number of rotatable bonds is 3. The van der Waals surface area contributed by atoms with Crippen molar-refractivity contribution in [3.63, 3.8) is 0 Å². The van der Waals surface area contributed by atoms with E-state index in [9.17, 15) is 4.79 Å². The van der Waals surface area contributed by atoms with Gasteiger partial charge < -0.3 is 4.90 Å². The highest BCUT2D eigenvalue weighted by molar-refractivity contribution is 5.70. The Labute approximate surface area is 130 Å². The van der Waals surface area contributed by atoms with E-state index in [0.717, 1.165) is 11.3 Å². The molecule has 0 bridgehead atoms. The molecule has 3 aromatic rings. The lowest BCUT2D eigenvalue weighted by Gasteiger charge is -2.18. The fourth-order valence-corrected chi connectivity index (χ4v) is 2.49. The van der Waals surface area contributed by atoms with Crippen LogP contribution in [0.3, 0.4) is 0 Å². The lowest BCUT2D eigenvalue weighted by atomic mass is 10.1. The molecule has 2 nitrogen and oxygen atoms in total. The van der Waals surface area contributed by atoms with Crippen LogP contribution >= 0.6 is 0 Å². The highest BCUT2D eigenvalue weighted by Gasteiger charge is 2.10. The molecule has 0 radical (unpaired) electrons. The maximum absolute atomic E-state index is 12.9. The van der Waals surface area contributed by atoms with Crippen LogP contribution in [0.25, 0.3) is 11.1 Å². The van der Waals surface area contributed by atoms with Crippen molar-refractivity contribution in [2.45, 2.75) is 0 Å². The van der Waals surface area contributed by atoms with Crippen molar-refractivity contribution in [3.8, 4) is 11.1 Å². The van der Waals surface area contributed by atoms with Crippen LogP contribution in [-0.2, 0) is 0 Å². The van der Waals surface area contributed by atoms with Gasteiger partial charge in [-0.1, -0.05) is 66.7 Å². The van der Waals surface area contributed by atoms with E-state index >= 15 is 0 Å². The smallest absolute Gasteiger partial charge is 0.209 e. The zero-order chi connectivity index (χ0) is 15.4. The topological polar surface area (TPSA) is 20.3 Å². The van der Waals surface area contributed by atoms with Gasteiger partial charge in [-0.05, 0) is 23.8 Å². The zero-order valence-electron chi connectivity index (χ0n) is 12.4. The molecule has 0 fully saturated rings. The number of anilines is 2. The van der Waals surface area contributed by atoms with Crippen molar-refractivity contribution >= 4 is 11.4 Å². The van der Waals surface area contributed by atoms with E-state index in [1.54, 1.807) is 0 Å². The molecule has 0 saturated carbocycles. The van der Waals surface area contributed by atoms with E-state index in [4.69, 9.17) is 0 Å². The Hall–Kier alpha value is -2.87. The summed E-state index contributed by atoms with van der Waals surface area (Å²) < 4.78 is 0. The second kappa shape index (κ2) is 6.27. The highest BCUT2D eigenvalue weighted by Crippen LogP contribution is 2.22. The fraction of sp³-hybridized carbons (Fsp3) is 0.0500. The Morgan fingerprint density at radius 1 is 0.682 bits per heavy atom. The number of para-hydroxylation sites is 1. The van der Waals surface area contributed by atoms with Gasteiger partial charge in [0, 0.05) is 18.3 Å². The highest BCUT2D eigenvalue weighted by atomic mass is 16.1. The van der Waals surface area contributed by atoms with E-state index in [1.165, 1.54) is 0 Å². The van der Waals surface area contributed by atoms with E-state index < -0.39 is 0 Å². The third kappa shape index (κ3) is 2.77. The predicted molar refractivity (Wildman–Crippen MR) is 92.7 cm³/mol. The summed E-state index contributed by atoms with van der Waals surface area (Å²) in [5.41, 5.74) is 3.33. The minimum atomic E-state index is 0.0301. The molecule has 0 unspecified atom stereocenters. The Balaban J connectivity index is 2.15. The van der Waals surface area contributed by atoms with Crippen molar-refractivity contribution in [1.82, 2.24) is 0 Å². The Kier molecular flexibility index (Phi) is 4.01. The van der Waals surface area contributed by atoms with Crippen molar-refractivity contribution < 1.29 is 0 Å². The monoisotopic (exact) mass is 287 g/mol. The quantitative estimate of drug-likeness (QED) is 0.708. The molecule has 0 atom stereocenters. The van der Waals surface area contributed by atoms with Crippen molar-refractivity contribution in [3.05, 3.63) is 95.2 Å². The fourth-order valence-electron chi connectivity index (χ4n) is 2.49. The van der Waals surface area contributed by atoms with Crippen molar-refractivity contribution in [1.29, 1.82) is 0 Å². The average molecular weight is 287 g/mol. The summed E-state index contributed by atoms with van der Waals surface area (Å²) >= 11 is 0. The molecule has 3 rings (SSSR count). The van der Waals surface area contributed by atoms with Gasteiger partial charge in [-0.15, -0.1) is 0 Å². The molecule has 0 aliphatic rings. The zero-order valence-corrected chi connectivity index (χ0v) is 12.4. The lowest BCUT2D eigenvalue weighted by molar-refractivity contribution is 1.20. The third-order valence-electron chi connectivity index (χ3n) is 3.70. The molecule has 0 spiro atoms. The first kappa shape index (κ1) is 14.1.